The standard InChI is InChI=1S/C15H18N2O4S2/c1-11-3-4-12(20-2)14(9-11)23(18,19)17-6-7-21-13(10-17)15-16-5-8-22-15/h3-5,8-9,13H,6-7,10H2,1-2H3. The second kappa shape index (κ2) is 6.56. The van der Waals surface area contributed by atoms with Gasteiger partial charge in [-0.3, -0.25) is 0 Å². The average Bonchev–Trinajstić information content (AvgIpc) is 3.09. The Labute approximate surface area is 139 Å². The minimum Gasteiger partial charge on any atom is -0.495 e. The second-order valence-electron chi connectivity index (χ2n) is 5.25. The third-order valence-corrected chi connectivity index (χ3v) is 6.45. The summed E-state index contributed by atoms with van der Waals surface area (Å²) in [6.07, 6.45) is 1.37. The predicted molar refractivity (Wildman–Crippen MR) is 87.3 cm³/mol. The number of rotatable bonds is 4. The minimum atomic E-state index is -3.65. The summed E-state index contributed by atoms with van der Waals surface area (Å²) in [6.45, 7) is 2.78. The number of morpholine rings is 1. The Morgan fingerprint density at radius 3 is 2.96 bits per heavy atom. The van der Waals surface area contributed by atoms with Gasteiger partial charge < -0.3 is 9.47 Å². The fraction of sp³-hybridized carbons (Fsp3) is 0.400. The molecule has 124 valence electrons. The summed E-state index contributed by atoms with van der Waals surface area (Å²) < 4.78 is 38.4. The molecule has 0 saturated carbocycles. The molecule has 0 aliphatic carbocycles. The number of aryl methyl sites for hydroxylation is 1. The molecule has 1 aromatic carbocycles. The van der Waals surface area contributed by atoms with Gasteiger partial charge in [-0.2, -0.15) is 4.31 Å². The van der Waals surface area contributed by atoms with Gasteiger partial charge in [0.1, 0.15) is 21.8 Å². The molecule has 0 radical (unpaired) electrons. The Morgan fingerprint density at radius 1 is 1.43 bits per heavy atom. The summed E-state index contributed by atoms with van der Waals surface area (Å²) in [5.74, 6) is 0.355. The molecule has 1 saturated heterocycles. The van der Waals surface area contributed by atoms with Gasteiger partial charge in [-0.05, 0) is 24.6 Å². The number of nitrogens with zero attached hydrogens (tertiary/aromatic N) is 2. The van der Waals surface area contributed by atoms with Crippen molar-refractivity contribution in [3.63, 3.8) is 0 Å². The Hall–Kier alpha value is -1.48. The van der Waals surface area contributed by atoms with Gasteiger partial charge in [-0.15, -0.1) is 11.3 Å². The van der Waals surface area contributed by atoms with Crippen LogP contribution in [0.1, 0.15) is 16.7 Å². The van der Waals surface area contributed by atoms with Crippen LogP contribution in [-0.4, -0.2) is 44.5 Å². The Kier molecular flexibility index (Phi) is 4.67. The first kappa shape index (κ1) is 16.4. The molecule has 0 amide bonds. The van der Waals surface area contributed by atoms with Crippen molar-refractivity contribution in [1.29, 1.82) is 0 Å². The van der Waals surface area contributed by atoms with Gasteiger partial charge in [-0.1, -0.05) is 6.07 Å². The zero-order valence-corrected chi connectivity index (χ0v) is 14.6. The minimum absolute atomic E-state index is 0.194. The van der Waals surface area contributed by atoms with Crippen LogP contribution in [0.3, 0.4) is 0 Å². The van der Waals surface area contributed by atoms with E-state index in [2.05, 4.69) is 4.98 Å². The number of methoxy groups -OCH3 is 1. The van der Waals surface area contributed by atoms with Crippen LogP contribution in [0.4, 0.5) is 0 Å². The third-order valence-electron chi connectivity index (χ3n) is 3.69. The molecule has 1 aliphatic heterocycles. The number of hydrogen-bond acceptors (Lipinski definition) is 6. The van der Waals surface area contributed by atoms with Crippen molar-refractivity contribution in [2.24, 2.45) is 0 Å². The van der Waals surface area contributed by atoms with Crippen LogP contribution in [0.25, 0.3) is 0 Å². The van der Waals surface area contributed by atoms with Crippen LogP contribution in [0, 0.1) is 6.92 Å². The van der Waals surface area contributed by atoms with Crippen molar-refractivity contribution in [3.05, 3.63) is 40.3 Å². The quantitative estimate of drug-likeness (QED) is 0.842. The summed E-state index contributed by atoms with van der Waals surface area (Å²) in [6, 6.07) is 5.15. The lowest BCUT2D eigenvalue weighted by atomic mass is 10.2. The van der Waals surface area contributed by atoms with Crippen LogP contribution in [-0.2, 0) is 14.8 Å². The highest BCUT2D eigenvalue weighted by Gasteiger charge is 2.34. The van der Waals surface area contributed by atoms with Crippen LogP contribution in [0.15, 0.2) is 34.7 Å². The molecule has 23 heavy (non-hydrogen) atoms. The first-order valence-corrected chi connectivity index (χ1v) is 9.50. The van der Waals surface area contributed by atoms with Crippen molar-refractivity contribution in [2.45, 2.75) is 17.9 Å². The highest BCUT2D eigenvalue weighted by molar-refractivity contribution is 7.89. The first-order valence-electron chi connectivity index (χ1n) is 7.18. The van der Waals surface area contributed by atoms with Gasteiger partial charge in [0.15, 0.2) is 0 Å². The molecule has 6 nitrogen and oxygen atoms in total. The lowest BCUT2D eigenvalue weighted by Gasteiger charge is -2.31. The second-order valence-corrected chi connectivity index (χ2v) is 8.08. The Bertz CT molecular complexity index is 775. The molecule has 1 atom stereocenters. The van der Waals surface area contributed by atoms with E-state index < -0.39 is 10.0 Å². The van der Waals surface area contributed by atoms with Crippen molar-refractivity contribution in [1.82, 2.24) is 9.29 Å². The number of aromatic nitrogens is 1. The molecule has 3 rings (SSSR count). The highest BCUT2D eigenvalue weighted by atomic mass is 32.2. The molecule has 0 bridgehead atoms. The van der Waals surface area contributed by atoms with Crippen LogP contribution < -0.4 is 4.74 Å². The molecular formula is C15H18N2O4S2. The maximum Gasteiger partial charge on any atom is 0.246 e. The van der Waals surface area contributed by atoms with Gasteiger partial charge in [0.05, 0.1) is 13.7 Å². The molecule has 2 aromatic rings. The van der Waals surface area contributed by atoms with E-state index in [1.807, 2.05) is 18.4 Å². The van der Waals surface area contributed by atoms with Crippen LogP contribution in [0.5, 0.6) is 5.75 Å². The van der Waals surface area contributed by atoms with Crippen molar-refractivity contribution >= 4 is 21.4 Å². The summed E-state index contributed by atoms with van der Waals surface area (Å²) >= 11 is 1.47. The smallest absolute Gasteiger partial charge is 0.246 e. The predicted octanol–water partition coefficient (Wildman–Crippen LogP) is 2.22. The van der Waals surface area contributed by atoms with Crippen molar-refractivity contribution in [3.8, 4) is 5.75 Å². The van der Waals surface area contributed by atoms with E-state index in [0.717, 1.165) is 10.6 Å². The Balaban J connectivity index is 1.92. The van der Waals surface area contributed by atoms with Gasteiger partial charge >= 0.3 is 0 Å². The molecule has 1 aromatic heterocycles. The summed E-state index contributed by atoms with van der Waals surface area (Å²) in [7, 11) is -2.17. The first-order chi connectivity index (χ1) is 11.0. The van der Waals surface area contributed by atoms with E-state index in [1.165, 1.54) is 22.8 Å². The zero-order valence-electron chi connectivity index (χ0n) is 12.9. The fourth-order valence-corrected chi connectivity index (χ4v) is 4.85. The van der Waals surface area contributed by atoms with Crippen molar-refractivity contribution < 1.29 is 17.9 Å². The van der Waals surface area contributed by atoms with Crippen LogP contribution >= 0.6 is 11.3 Å². The van der Waals surface area contributed by atoms with E-state index in [-0.39, 0.29) is 17.5 Å². The van der Waals surface area contributed by atoms with E-state index >= 15 is 0 Å². The molecule has 8 heteroatoms. The Morgan fingerprint density at radius 2 is 2.26 bits per heavy atom. The van der Waals surface area contributed by atoms with Gasteiger partial charge in [0.25, 0.3) is 0 Å². The van der Waals surface area contributed by atoms with Gasteiger partial charge in [0, 0.05) is 24.7 Å². The molecule has 1 aliphatic rings. The lowest BCUT2D eigenvalue weighted by Crippen LogP contribution is -2.42. The average molecular weight is 354 g/mol. The zero-order chi connectivity index (χ0) is 16.4. The van der Waals surface area contributed by atoms with E-state index in [0.29, 0.717) is 18.9 Å². The maximum absolute atomic E-state index is 13.0. The summed E-state index contributed by atoms with van der Waals surface area (Å²) in [4.78, 5) is 4.42. The monoisotopic (exact) mass is 354 g/mol. The fourth-order valence-electron chi connectivity index (χ4n) is 2.51. The van der Waals surface area contributed by atoms with Crippen LogP contribution in [0.2, 0.25) is 0 Å². The van der Waals surface area contributed by atoms with E-state index in [9.17, 15) is 8.42 Å². The van der Waals surface area contributed by atoms with Gasteiger partial charge in [-0.25, -0.2) is 13.4 Å². The summed E-state index contributed by atoms with van der Waals surface area (Å²) in [5, 5.41) is 2.65. The lowest BCUT2D eigenvalue weighted by molar-refractivity contribution is -0.00269. The number of thiazole rings is 1. The maximum atomic E-state index is 13.0. The molecule has 2 heterocycles. The van der Waals surface area contributed by atoms with E-state index in [1.54, 1.807) is 18.3 Å². The summed E-state index contributed by atoms with van der Waals surface area (Å²) in [5.41, 5.74) is 0.870. The third kappa shape index (κ3) is 3.25. The van der Waals surface area contributed by atoms with E-state index in [4.69, 9.17) is 9.47 Å². The number of hydrogen-bond donors (Lipinski definition) is 0. The highest BCUT2D eigenvalue weighted by Crippen LogP contribution is 2.31. The molecular weight excluding hydrogens is 336 g/mol. The molecule has 1 fully saturated rings. The molecule has 0 N–H and O–H groups in total. The SMILES string of the molecule is COc1ccc(C)cc1S(=O)(=O)N1CCOC(c2nccs2)C1. The normalized spacial score (nSPS) is 19.7. The largest absolute Gasteiger partial charge is 0.495 e. The number of sulfonamides is 1. The van der Waals surface area contributed by atoms with Crippen molar-refractivity contribution in [2.75, 3.05) is 26.8 Å². The number of ether oxygens (including phenoxy) is 2. The molecule has 0 spiro atoms. The topological polar surface area (TPSA) is 68.7 Å². The molecule has 1 unspecified atom stereocenters. The van der Waals surface area contributed by atoms with Gasteiger partial charge in [0.2, 0.25) is 10.0 Å². The number of benzene rings is 1.